The highest BCUT2D eigenvalue weighted by atomic mass is 35.5. The third kappa shape index (κ3) is 3.76. The molecule has 0 unspecified atom stereocenters. The van der Waals surface area contributed by atoms with Crippen molar-refractivity contribution < 1.29 is 14.3 Å². The number of carbonyl (C=O) groups excluding carboxylic acids is 1. The predicted octanol–water partition coefficient (Wildman–Crippen LogP) is 3.29. The van der Waals surface area contributed by atoms with Crippen LogP contribution in [0.25, 0.3) is 10.2 Å². The summed E-state index contributed by atoms with van der Waals surface area (Å²) >= 11 is 7.11. The number of nitrogens with one attached hydrogen (secondary N) is 1. The van der Waals surface area contributed by atoms with Crippen LogP contribution in [0.2, 0.25) is 5.02 Å². The van der Waals surface area contributed by atoms with Gasteiger partial charge in [-0.25, -0.2) is 4.79 Å². The molecule has 0 atom stereocenters. The molecule has 1 N–H and O–H groups in total. The SMILES string of the molecule is O=C(Cn1c(=O)n(Cc2ccc3c(c2)OCO3)c(=O)c2sccc21)Nc1ccc(Cl)cc1. The lowest BCUT2D eigenvalue weighted by molar-refractivity contribution is -0.116. The Morgan fingerprint density at radius 1 is 1.03 bits per heavy atom. The fourth-order valence-corrected chi connectivity index (χ4v) is 4.49. The molecule has 1 aliphatic rings. The number of hydrogen-bond acceptors (Lipinski definition) is 6. The van der Waals surface area contributed by atoms with Gasteiger partial charge in [0.1, 0.15) is 11.2 Å². The summed E-state index contributed by atoms with van der Waals surface area (Å²) < 4.78 is 13.5. The van der Waals surface area contributed by atoms with E-state index in [1.807, 2.05) is 0 Å². The van der Waals surface area contributed by atoms with Crippen LogP contribution >= 0.6 is 22.9 Å². The Kier molecular flexibility index (Phi) is 5.20. The second-order valence-corrected chi connectivity index (χ2v) is 8.49. The number of ether oxygens (including phenoxy) is 2. The van der Waals surface area contributed by atoms with Crippen LogP contribution < -0.4 is 26.0 Å². The van der Waals surface area contributed by atoms with Gasteiger partial charge in [-0.1, -0.05) is 17.7 Å². The van der Waals surface area contributed by atoms with Gasteiger partial charge in [0, 0.05) is 10.7 Å². The molecule has 2 aromatic heterocycles. The molecule has 1 aliphatic heterocycles. The number of aromatic nitrogens is 2. The molecule has 5 rings (SSSR count). The van der Waals surface area contributed by atoms with E-state index in [-0.39, 0.29) is 19.9 Å². The Morgan fingerprint density at radius 3 is 2.62 bits per heavy atom. The summed E-state index contributed by atoms with van der Waals surface area (Å²) in [4.78, 5) is 38.9. The van der Waals surface area contributed by atoms with Crippen LogP contribution in [-0.2, 0) is 17.9 Å². The lowest BCUT2D eigenvalue weighted by atomic mass is 10.2. The van der Waals surface area contributed by atoms with E-state index in [1.54, 1.807) is 53.9 Å². The number of fused-ring (bicyclic) bond motifs is 2. The highest BCUT2D eigenvalue weighted by Gasteiger charge is 2.18. The fourth-order valence-electron chi connectivity index (χ4n) is 3.52. The number of hydrogen-bond donors (Lipinski definition) is 1. The Bertz CT molecular complexity index is 1460. The Labute approximate surface area is 190 Å². The molecule has 0 radical (unpaired) electrons. The molecule has 8 nitrogen and oxygen atoms in total. The number of nitrogens with zero attached hydrogens (tertiary/aromatic N) is 2. The average molecular weight is 470 g/mol. The summed E-state index contributed by atoms with van der Waals surface area (Å²) in [5.41, 5.74) is 0.735. The van der Waals surface area contributed by atoms with Gasteiger partial charge < -0.3 is 14.8 Å². The third-order valence-electron chi connectivity index (χ3n) is 5.04. The summed E-state index contributed by atoms with van der Waals surface area (Å²) in [7, 11) is 0. The molecular formula is C22H16ClN3O5S. The van der Waals surface area contributed by atoms with Gasteiger partial charge in [0.25, 0.3) is 5.56 Å². The average Bonchev–Trinajstić information content (AvgIpc) is 3.45. The summed E-state index contributed by atoms with van der Waals surface area (Å²) in [5, 5.41) is 5.02. The topological polar surface area (TPSA) is 91.6 Å². The minimum absolute atomic E-state index is 0.0426. The van der Waals surface area contributed by atoms with Crippen molar-refractivity contribution in [2.45, 2.75) is 13.1 Å². The lowest BCUT2D eigenvalue weighted by Crippen LogP contribution is -2.41. The van der Waals surface area contributed by atoms with Gasteiger partial charge >= 0.3 is 5.69 Å². The number of carbonyl (C=O) groups is 1. The van der Waals surface area contributed by atoms with Gasteiger partial charge in [-0.05, 0) is 53.4 Å². The number of halogens is 1. The van der Waals surface area contributed by atoms with Crippen LogP contribution in [0.5, 0.6) is 11.5 Å². The van der Waals surface area contributed by atoms with Crippen molar-refractivity contribution in [3.8, 4) is 11.5 Å². The zero-order valence-corrected chi connectivity index (χ0v) is 18.1. The minimum atomic E-state index is -0.565. The Balaban J connectivity index is 1.49. The van der Waals surface area contributed by atoms with Gasteiger partial charge in [-0.2, -0.15) is 0 Å². The number of rotatable bonds is 5. The largest absolute Gasteiger partial charge is 0.454 e. The maximum atomic E-state index is 13.2. The normalized spacial score (nSPS) is 12.3. The van der Waals surface area contributed by atoms with E-state index < -0.39 is 17.2 Å². The molecule has 162 valence electrons. The highest BCUT2D eigenvalue weighted by molar-refractivity contribution is 7.17. The molecule has 0 aliphatic carbocycles. The van der Waals surface area contributed by atoms with Gasteiger partial charge in [0.05, 0.1) is 12.1 Å². The van der Waals surface area contributed by atoms with Gasteiger partial charge in [0.15, 0.2) is 11.5 Å². The summed E-state index contributed by atoms with van der Waals surface area (Å²) in [6.07, 6.45) is 0. The van der Waals surface area contributed by atoms with Crippen LogP contribution in [0, 0.1) is 0 Å². The first-order chi connectivity index (χ1) is 15.5. The maximum Gasteiger partial charge on any atom is 0.332 e. The van der Waals surface area contributed by atoms with E-state index in [0.717, 1.165) is 4.57 Å². The number of amides is 1. The van der Waals surface area contributed by atoms with E-state index >= 15 is 0 Å². The van der Waals surface area contributed by atoms with Crippen LogP contribution in [0.3, 0.4) is 0 Å². The van der Waals surface area contributed by atoms with Crippen molar-refractivity contribution >= 4 is 44.7 Å². The second kappa shape index (κ2) is 8.18. The van der Waals surface area contributed by atoms with Crippen molar-refractivity contribution in [2.75, 3.05) is 12.1 Å². The fraction of sp³-hybridized carbons (Fsp3) is 0.136. The Hall–Kier alpha value is -3.56. The zero-order chi connectivity index (χ0) is 22.2. The molecule has 32 heavy (non-hydrogen) atoms. The monoisotopic (exact) mass is 469 g/mol. The second-order valence-electron chi connectivity index (χ2n) is 7.14. The molecule has 0 saturated carbocycles. The van der Waals surface area contributed by atoms with Crippen molar-refractivity contribution in [3.05, 3.63) is 85.3 Å². The highest BCUT2D eigenvalue weighted by Crippen LogP contribution is 2.32. The van der Waals surface area contributed by atoms with Crippen LogP contribution in [0.1, 0.15) is 5.56 Å². The van der Waals surface area contributed by atoms with E-state index in [9.17, 15) is 14.4 Å². The van der Waals surface area contributed by atoms with Crippen LogP contribution in [-0.4, -0.2) is 21.8 Å². The maximum absolute atomic E-state index is 13.2. The molecule has 3 heterocycles. The lowest BCUT2D eigenvalue weighted by Gasteiger charge is -2.13. The first-order valence-electron chi connectivity index (χ1n) is 9.64. The van der Waals surface area contributed by atoms with Crippen molar-refractivity contribution in [2.24, 2.45) is 0 Å². The molecular weight excluding hydrogens is 454 g/mol. The molecule has 0 spiro atoms. The standard InChI is InChI=1S/C22H16ClN3O5S/c23-14-2-4-15(5-3-14)24-19(27)11-25-16-7-8-32-20(16)21(28)26(22(25)29)10-13-1-6-17-18(9-13)31-12-30-17/h1-9H,10-12H2,(H,24,27). The number of benzene rings is 2. The molecule has 0 saturated heterocycles. The molecule has 4 aromatic rings. The molecule has 1 amide bonds. The summed E-state index contributed by atoms with van der Waals surface area (Å²) in [6, 6.07) is 13.6. The van der Waals surface area contributed by atoms with E-state index in [2.05, 4.69) is 5.32 Å². The number of thiophene rings is 1. The predicted molar refractivity (Wildman–Crippen MR) is 122 cm³/mol. The van der Waals surface area contributed by atoms with Crippen molar-refractivity contribution in [1.82, 2.24) is 9.13 Å². The van der Waals surface area contributed by atoms with Crippen molar-refractivity contribution in [3.63, 3.8) is 0 Å². The van der Waals surface area contributed by atoms with Crippen molar-refractivity contribution in [1.29, 1.82) is 0 Å². The summed E-state index contributed by atoms with van der Waals surface area (Å²) in [6.45, 7) is -0.0630. The van der Waals surface area contributed by atoms with Gasteiger partial charge in [-0.15, -0.1) is 11.3 Å². The molecule has 0 fully saturated rings. The number of anilines is 1. The van der Waals surface area contributed by atoms with Gasteiger partial charge in [0.2, 0.25) is 12.7 Å². The molecule has 10 heteroatoms. The van der Waals surface area contributed by atoms with E-state index in [1.165, 1.54) is 15.9 Å². The quantitative estimate of drug-likeness (QED) is 0.484. The Morgan fingerprint density at radius 2 is 1.81 bits per heavy atom. The van der Waals surface area contributed by atoms with Crippen LogP contribution in [0.4, 0.5) is 5.69 Å². The zero-order valence-electron chi connectivity index (χ0n) is 16.5. The first-order valence-corrected chi connectivity index (χ1v) is 10.9. The smallest absolute Gasteiger partial charge is 0.332 e. The van der Waals surface area contributed by atoms with Crippen LogP contribution in [0.15, 0.2) is 63.5 Å². The van der Waals surface area contributed by atoms with E-state index in [4.69, 9.17) is 21.1 Å². The third-order valence-corrected chi connectivity index (χ3v) is 6.19. The van der Waals surface area contributed by atoms with Gasteiger partial charge in [-0.3, -0.25) is 18.7 Å². The summed E-state index contributed by atoms with van der Waals surface area (Å²) in [5.74, 6) is 0.789. The molecule has 0 bridgehead atoms. The first kappa shape index (κ1) is 20.3. The van der Waals surface area contributed by atoms with E-state index in [0.29, 0.717) is 38.0 Å². The minimum Gasteiger partial charge on any atom is -0.454 e. The molecule has 2 aromatic carbocycles.